The Morgan fingerprint density at radius 3 is 2.44 bits per heavy atom. The Bertz CT molecular complexity index is 460. The van der Waals surface area contributed by atoms with Gasteiger partial charge in [-0.05, 0) is 42.0 Å². The summed E-state index contributed by atoms with van der Waals surface area (Å²) < 4.78 is 0. The van der Waals surface area contributed by atoms with Crippen molar-refractivity contribution in [2.45, 2.75) is 18.9 Å². The van der Waals surface area contributed by atoms with Crippen LogP contribution in [-0.2, 0) is 6.42 Å². The Balaban J connectivity index is 1.94. The first-order valence-electron chi connectivity index (χ1n) is 6.22. The highest BCUT2D eigenvalue weighted by Crippen LogP contribution is 2.21. The van der Waals surface area contributed by atoms with E-state index in [0.717, 1.165) is 12.8 Å². The van der Waals surface area contributed by atoms with Crippen LogP contribution in [0.5, 0.6) is 0 Å². The summed E-state index contributed by atoms with van der Waals surface area (Å²) in [5.74, 6) is 0. The molecule has 0 amide bonds. The summed E-state index contributed by atoms with van der Waals surface area (Å²) >= 11 is 1.80. The minimum absolute atomic E-state index is 0.128. The van der Waals surface area contributed by atoms with E-state index < -0.39 is 0 Å². The Labute approximate surface area is 113 Å². The summed E-state index contributed by atoms with van der Waals surface area (Å²) in [5.41, 5.74) is 8.66. The summed E-state index contributed by atoms with van der Waals surface area (Å²) in [6.07, 6.45) is 2.07. The first-order chi connectivity index (χ1) is 8.66. The molecule has 0 saturated carbocycles. The summed E-state index contributed by atoms with van der Waals surface area (Å²) in [4.78, 5) is 3.51. The van der Waals surface area contributed by atoms with Crippen LogP contribution >= 0.6 is 11.3 Å². The molecule has 96 valence electrons. The Morgan fingerprint density at radius 2 is 1.89 bits per heavy atom. The Kier molecular flexibility index (Phi) is 4.39. The predicted molar refractivity (Wildman–Crippen MR) is 80.3 cm³/mol. The van der Waals surface area contributed by atoms with Crippen LogP contribution in [0, 0.1) is 0 Å². The molecule has 18 heavy (non-hydrogen) atoms. The highest BCUT2D eigenvalue weighted by Gasteiger charge is 2.07. The third-order valence-corrected chi connectivity index (χ3v) is 4.06. The van der Waals surface area contributed by atoms with Gasteiger partial charge >= 0.3 is 0 Å². The van der Waals surface area contributed by atoms with E-state index in [1.165, 1.54) is 16.1 Å². The molecule has 2 aromatic rings. The van der Waals surface area contributed by atoms with Crippen LogP contribution < -0.4 is 10.6 Å². The number of hydrogen-bond donors (Lipinski definition) is 1. The normalized spacial score (nSPS) is 12.4. The molecule has 1 aromatic heterocycles. The van der Waals surface area contributed by atoms with Crippen molar-refractivity contribution >= 4 is 17.0 Å². The van der Waals surface area contributed by atoms with Gasteiger partial charge in [0.2, 0.25) is 0 Å². The summed E-state index contributed by atoms with van der Waals surface area (Å²) in [7, 11) is 4.09. The van der Waals surface area contributed by atoms with Gasteiger partial charge in [0, 0.05) is 30.7 Å². The van der Waals surface area contributed by atoms with Gasteiger partial charge in [0.25, 0.3) is 0 Å². The van der Waals surface area contributed by atoms with Gasteiger partial charge in [0.1, 0.15) is 0 Å². The van der Waals surface area contributed by atoms with Gasteiger partial charge in [-0.3, -0.25) is 0 Å². The molecular weight excluding hydrogens is 240 g/mol. The summed E-state index contributed by atoms with van der Waals surface area (Å²) in [6, 6.07) is 12.9. The fourth-order valence-corrected chi connectivity index (χ4v) is 2.66. The molecule has 0 spiro atoms. The van der Waals surface area contributed by atoms with Crippen molar-refractivity contribution in [3.05, 3.63) is 52.2 Å². The minimum atomic E-state index is 0.128. The first kappa shape index (κ1) is 13.1. The molecule has 1 aromatic carbocycles. The van der Waals surface area contributed by atoms with E-state index in [-0.39, 0.29) is 6.04 Å². The molecular formula is C15H20N2S. The lowest BCUT2D eigenvalue weighted by atomic mass is 10.0. The first-order valence-corrected chi connectivity index (χ1v) is 7.10. The highest BCUT2D eigenvalue weighted by atomic mass is 32.1. The number of aryl methyl sites for hydroxylation is 1. The van der Waals surface area contributed by atoms with Crippen molar-refractivity contribution in [1.29, 1.82) is 0 Å². The topological polar surface area (TPSA) is 29.3 Å². The second-order valence-electron chi connectivity index (χ2n) is 4.71. The van der Waals surface area contributed by atoms with Crippen molar-refractivity contribution < 1.29 is 0 Å². The van der Waals surface area contributed by atoms with Gasteiger partial charge in [0.15, 0.2) is 0 Å². The van der Waals surface area contributed by atoms with E-state index >= 15 is 0 Å². The molecule has 2 rings (SSSR count). The van der Waals surface area contributed by atoms with Crippen molar-refractivity contribution in [2.24, 2.45) is 5.73 Å². The molecule has 3 heteroatoms. The maximum atomic E-state index is 6.23. The van der Waals surface area contributed by atoms with E-state index in [1.54, 1.807) is 11.3 Å². The standard InChI is InChI=1S/C15H20N2S/c1-17(2)13-7-5-12(6-8-13)15(16)10-9-14-4-3-11-18-14/h3-8,11,15H,9-10,16H2,1-2H3. The van der Waals surface area contributed by atoms with Crippen LogP contribution in [0.15, 0.2) is 41.8 Å². The van der Waals surface area contributed by atoms with Gasteiger partial charge in [-0.2, -0.15) is 0 Å². The quantitative estimate of drug-likeness (QED) is 0.892. The molecule has 0 aliphatic heterocycles. The molecule has 1 unspecified atom stereocenters. The SMILES string of the molecule is CN(C)c1ccc(C(N)CCc2cccs2)cc1. The monoisotopic (exact) mass is 260 g/mol. The zero-order valence-electron chi connectivity index (χ0n) is 11.0. The third-order valence-electron chi connectivity index (χ3n) is 3.12. The number of nitrogens with zero attached hydrogens (tertiary/aromatic N) is 1. The number of thiophene rings is 1. The number of benzene rings is 1. The Morgan fingerprint density at radius 1 is 1.17 bits per heavy atom. The molecule has 2 N–H and O–H groups in total. The zero-order valence-corrected chi connectivity index (χ0v) is 11.8. The predicted octanol–water partition coefficient (Wildman–Crippen LogP) is 3.45. The second kappa shape index (κ2) is 6.03. The largest absolute Gasteiger partial charge is 0.378 e. The molecule has 0 aliphatic rings. The van der Waals surface area contributed by atoms with E-state index in [0.29, 0.717) is 0 Å². The van der Waals surface area contributed by atoms with Gasteiger partial charge in [0.05, 0.1) is 0 Å². The molecule has 1 atom stereocenters. The van der Waals surface area contributed by atoms with E-state index in [1.807, 2.05) is 14.1 Å². The zero-order chi connectivity index (χ0) is 13.0. The van der Waals surface area contributed by atoms with E-state index in [9.17, 15) is 0 Å². The lowest BCUT2D eigenvalue weighted by molar-refractivity contribution is 0.655. The van der Waals surface area contributed by atoms with Crippen LogP contribution in [0.1, 0.15) is 22.9 Å². The minimum Gasteiger partial charge on any atom is -0.378 e. The van der Waals surface area contributed by atoms with Crippen LogP contribution in [0.4, 0.5) is 5.69 Å². The van der Waals surface area contributed by atoms with Crippen molar-refractivity contribution in [1.82, 2.24) is 0 Å². The van der Waals surface area contributed by atoms with Gasteiger partial charge in [-0.1, -0.05) is 18.2 Å². The average Bonchev–Trinajstić information content (AvgIpc) is 2.89. The van der Waals surface area contributed by atoms with Crippen molar-refractivity contribution in [3.8, 4) is 0 Å². The molecule has 2 nitrogen and oxygen atoms in total. The highest BCUT2D eigenvalue weighted by molar-refractivity contribution is 7.09. The number of anilines is 1. The average molecular weight is 260 g/mol. The number of nitrogens with two attached hydrogens (primary N) is 1. The van der Waals surface area contributed by atoms with Crippen LogP contribution in [-0.4, -0.2) is 14.1 Å². The lowest BCUT2D eigenvalue weighted by Crippen LogP contribution is -2.12. The summed E-state index contributed by atoms with van der Waals surface area (Å²) in [6.45, 7) is 0. The molecule has 0 radical (unpaired) electrons. The van der Waals surface area contributed by atoms with Gasteiger partial charge < -0.3 is 10.6 Å². The third kappa shape index (κ3) is 3.34. The Hall–Kier alpha value is -1.32. The summed E-state index contributed by atoms with van der Waals surface area (Å²) in [5, 5.41) is 2.12. The fraction of sp³-hybridized carbons (Fsp3) is 0.333. The van der Waals surface area contributed by atoms with Crippen molar-refractivity contribution in [2.75, 3.05) is 19.0 Å². The molecule has 1 heterocycles. The number of rotatable bonds is 5. The second-order valence-corrected chi connectivity index (χ2v) is 5.74. The van der Waals surface area contributed by atoms with Crippen LogP contribution in [0.25, 0.3) is 0 Å². The fourth-order valence-electron chi connectivity index (χ4n) is 1.94. The van der Waals surface area contributed by atoms with Crippen LogP contribution in [0.3, 0.4) is 0 Å². The lowest BCUT2D eigenvalue weighted by Gasteiger charge is -2.15. The molecule has 0 bridgehead atoms. The van der Waals surface area contributed by atoms with Crippen molar-refractivity contribution in [3.63, 3.8) is 0 Å². The maximum absolute atomic E-state index is 6.23. The smallest absolute Gasteiger partial charge is 0.0361 e. The molecule has 0 aliphatic carbocycles. The van der Waals surface area contributed by atoms with Gasteiger partial charge in [-0.25, -0.2) is 0 Å². The van der Waals surface area contributed by atoms with Gasteiger partial charge in [-0.15, -0.1) is 11.3 Å². The molecule has 0 saturated heterocycles. The number of hydrogen-bond acceptors (Lipinski definition) is 3. The van der Waals surface area contributed by atoms with E-state index in [2.05, 4.69) is 46.7 Å². The maximum Gasteiger partial charge on any atom is 0.0361 e. The molecule has 0 fully saturated rings. The van der Waals surface area contributed by atoms with E-state index in [4.69, 9.17) is 5.73 Å². The van der Waals surface area contributed by atoms with Crippen LogP contribution in [0.2, 0.25) is 0 Å².